The molecular formula is C11H17OP. The van der Waals surface area contributed by atoms with Crippen molar-refractivity contribution in [3.05, 3.63) is 29.8 Å². The maximum absolute atomic E-state index is 5.79. The van der Waals surface area contributed by atoms with Crippen LogP contribution in [0.4, 0.5) is 0 Å². The van der Waals surface area contributed by atoms with Crippen molar-refractivity contribution in [1.82, 2.24) is 0 Å². The SMILES string of the molecule is Cc1cccc(OC(C)P(C)C)c1. The fourth-order valence-corrected chi connectivity index (χ4v) is 1.32. The molecule has 0 radical (unpaired) electrons. The molecule has 0 heterocycles. The average Bonchev–Trinajstić information content (AvgIpc) is 2.04. The van der Waals surface area contributed by atoms with Crippen LogP contribution < -0.4 is 4.74 Å². The van der Waals surface area contributed by atoms with Crippen LogP contribution in [-0.4, -0.2) is 19.2 Å². The molecule has 1 unspecified atom stereocenters. The summed E-state index contributed by atoms with van der Waals surface area (Å²) in [6.45, 7) is 8.68. The van der Waals surface area contributed by atoms with Crippen LogP contribution in [0.3, 0.4) is 0 Å². The Morgan fingerprint density at radius 2 is 2.00 bits per heavy atom. The summed E-state index contributed by atoms with van der Waals surface area (Å²) in [6.07, 6.45) is 0. The van der Waals surface area contributed by atoms with E-state index in [1.807, 2.05) is 12.1 Å². The summed E-state index contributed by atoms with van der Waals surface area (Å²) in [5.41, 5.74) is 1.25. The van der Waals surface area contributed by atoms with E-state index in [4.69, 9.17) is 4.74 Å². The first-order valence-electron chi connectivity index (χ1n) is 4.49. The van der Waals surface area contributed by atoms with Crippen LogP contribution in [-0.2, 0) is 0 Å². The number of hydrogen-bond donors (Lipinski definition) is 0. The lowest BCUT2D eigenvalue weighted by Gasteiger charge is -2.18. The Labute approximate surface area is 81.9 Å². The van der Waals surface area contributed by atoms with E-state index in [1.165, 1.54) is 5.56 Å². The second-order valence-electron chi connectivity index (χ2n) is 3.50. The van der Waals surface area contributed by atoms with Gasteiger partial charge >= 0.3 is 0 Å². The van der Waals surface area contributed by atoms with Gasteiger partial charge in [-0.25, -0.2) is 0 Å². The molecule has 0 spiro atoms. The van der Waals surface area contributed by atoms with Gasteiger partial charge in [0.05, 0.1) is 0 Å². The van der Waals surface area contributed by atoms with Crippen molar-refractivity contribution in [3.63, 3.8) is 0 Å². The first-order chi connectivity index (χ1) is 6.09. The third kappa shape index (κ3) is 3.36. The van der Waals surface area contributed by atoms with Crippen LogP contribution in [0.2, 0.25) is 0 Å². The van der Waals surface area contributed by atoms with Gasteiger partial charge in [-0.1, -0.05) is 20.1 Å². The number of ether oxygens (including phenoxy) is 1. The van der Waals surface area contributed by atoms with Gasteiger partial charge in [0.2, 0.25) is 0 Å². The minimum atomic E-state index is -0.0172. The Morgan fingerprint density at radius 1 is 1.31 bits per heavy atom. The van der Waals surface area contributed by atoms with Crippen LogP contribution in [0.25, 0.3) is 0 Å². The van der Waals surface area contributed by atoms with Gasteiger partial charge in [0.25, 0.3) is 0 Å². The summed E-state index contributed by atoms with van der Waals surface area (Å²) >= 11 is 0. The summed E-state index contributed by atoms with van der Waals surface area (Å²) in [4.78, 5) is 0. The van der Waals surface area contributed by atoms with Gasteiger partial charge in [-0.2, -0.15) is 0 Å². The molecule has 0 saturated heterocycles. The highest BCUT2D eigenvalue weighted by Crippen LogP contribution is 2.33. The maximum atomic E-state index is 5.79. The third-order valence-corrected chi connectivity index (χ3v) is 3.58. The molecular weight excluding hydrogens is 179 g/mol. The topological polar surface area (TPSA) is 9.23 Å². The zero-order valence-electron chi connectivity index (χ0n) is 8.74. The summed E-state index contributed by atoms with van der Waals surface area (Å²) < 4.78 is 5.79. The van der Waals surface area contributed by atoms with E-state index in [9.17, 15) is 0 Å². The lowest BCUT2D eigenvalue weighted by molar-refractivity contribution is 0.302. The molecule has 0 aliphatic heterocycles. The third-order valence-electron chi connectivity index (χ3n) is 2.02. The first-order valence-corrected chi connectivity index (χ1v) is 6.80. The molecule has 1 nitrogen and oxygen atoms in total. The molecule has 1 atom stereocenters. The largest absolute Gasteiger partial charge is 0.486 e. The lowest BCUT2D eigenvalue weighted by Crippen LogP contribution is -2.08. The van der Waals surface area contributed by atoms with E-state index in [0.717, 1.165) is 5.75 Å². The van der Waals surface area contributed by atoms with Gasteiger partial charge in [0.1, 0.15) is 11.6 Å². The standard InChI is InChI=1S/C11H17OP/c1-9-6-5-7-11(8-9)12-10(2)13(3)4/h5-8,10H,1-4H3. The molecule has 0 aromatic heterocycles. The molecule has 0 N–H and O–H groups in total. The molecule has 13 heavy (non-hydrogen) atoms. The predicted octanol–water partition coefficient (Wildman–Crippen LogP) is 3.46. The molecule has 72 valence electrons. The molecule has 0 fully saturated rings. The highest BCUT2D eigenvalue weighted by Gasteiger charge is 2.07. The summed E-state index contributed by atoms with van der Waals surface area (Å²) in [5.74, 6) is 1.33. The van der Waals surface area contributed by atoms with Gasteiger partial charge in [-0.15, -0.1) is 0 Å². The van der Waals surface area contributed by atoms with Crippen molar-refractivity contribution < 1.29 is 4.74 Å². The van der Waals surface area contributed by atoms with E-state index in [0.29, 0.717) is 5.85 Å². The minimum absolute atomic E-state index is 0.0172. The first kappa shape index (κ1) is 10.5. The predicted molar refractivity (Wildman–Crippen MR) is 60.0 cm³/mol. The van der Waals surface area contributed by atoms with Crippen molar-refractivity contribution in [1.29, 1.82) is 0 Å². The molecule has 1 rings (SSSR count). The number of aryl methyl sites for hydroxylation is 1. The normalized spacial score (nSPS) is 13.0. The van der Waals surface area contributed by atoms with Crippen molar-refractivity contribution >= 4 is 7.92 Å². The van der Waals surface area contributed by atoms with Crippen LogP contribution in [0.15, 0.2) is 24.3 Å². The molecule has 0 amide bonds. The van der Waals surface area contributed by atoms with Crippen LogP contribution in [0, 0.1) is 6.92 Å². The smallest absolute Gasteiger partial charge is 0.120 e. The highest BCUT2D eigenvalue weighted by atomic mass is 31.1. The van der Waals surface area contributed by atoms with E-state index < -0.39 is 0 Å². The second kappa shape index (κ2) is 4.62. The minimum Gasteiger partial charge on any atom is -0.486 e. The Bertz CT molecular complexity index is 271. The van der Waals surface area contributed by atoms with E-state index >= 15 is 0 Å². The molecule has 0 aliphatic rings. The molecule has 0 saturated carbocycles. The fraction of sp³-hybridized carbons (Fsp3) is 0.455. The summed E-state index contributed by atoms with van der Waals surface area (Å²) in [5, 5.41) is 0. The van der Waals surface area contributed by atoms with Crippen LogP contribution >= 0.6 is 7.92 Å². The van der Waals surface area contributed by atoms with Gasteiger partial charge in [-0.3, -0.25) is 0 Å². The van der Waals surface area contributed by atoms with Crippen molar-refractivity contribution in [2.45, 2.75) is 19.7 Å². The van der Waals surface area contributed by atoms with Gasteiger partial charge in [0.15, 0.2) is 0 Å². The summed E-state index contributed by atoms with van der Waals surface area (Å²) in [7, 11) is -0.0172. The zero-order valence-corrected chi connectivity index (χ0v) is 9.64. The average molecular weight is 196 g/mol. The Balaban J connectivity index is 2.64. The number of benzene rings is 1. The Hall–Kier alpha value is -0.550. The van der Waals surface area contributed by atoms with Crippen LogP contribution in [0.1, 0.15) is 12.5 Å². The van der Waals surface area contributed by atoms with Gasteiger partial charge in [-0.05, 0) is 44.9 Å². The van der Waals surface area contributed by atoms with Crippen molar-refractivity contribution in [2.24, 2.45) is 0 Å². The number of rotatable bonds is 3. The Kier molecular flexibility index (Phi) is 3.74. The summed E-state index contributed by atoms with van der Waals surface area (Å²) in [6, 6.07) is 8.21. The van der Waals surface area contributed by atoms with Crippen molar-refractivity contribution in [2.75, 3.05) is 13.3 Å². The van der Waals surface area contributed by atoms with E-state index in [-0.39, 0.29) is 7.92 Å². The maximum Gasteiger partial charge on any atom is 0.120 e. The van der Waals surface area contributed by atoms with E-state index in [1.54, 1.807) is 0 Å². The highest BCUT2D eigenvalue weighted by molar-refractivity contribution is 7.56. The number of hydrogen-bond acceptors (Lipinski definition) is 1. The molecule has 0 bridgehead atoms. The lowest BCUT2D eigenvalue weighted by atomic mass is 10.2. The van der Waals surface area contributed by atoms with Gasteiger partial charge < -0.3 is 4.74 Å². The van der Waals surface area contributed by atoms with Crippen LogP contribution in [0.5, 0.6) is 5.75 Å². The molecule has 2 heteroatoms. The monoisotopic (exact) mass is 196 g/mol. The molecule has 1 aromatic carbocycles. The fourth-order valence-electron chi connectivity index (χ4n) is 0.991. The Morgan fingerprint density at radius 3 is 2.54 bits per heavy atom. The molecule has 1 aromatic rings. The van der Waals surface area contributed by atoms with Gasteiger partial charge in [0, 0.05) is 0 Å². The molecule has 0 aliphatic carbocycles. The second-order valence-corrected chi connectivity index (χ2v) is 6.15. The quantitative estimate of drug-likeness (QED) is 0.673. The zero-order chi connectivity index (χ0) is 9.84. The van der Waals surface area contributed by atoms with Crippen molar-refractivity contribution in [3.8, 4) is 5.75 Å². The van der Waals surface area contributed by atoms with E-state index in [2.05, 4.69) is 39.3 Å².